The number of carbonyl (C=O) groups excluding carboxylic acids is 1. The van der Waals surface area contributed by atoms with Crippen LogP contribution in [0.5, 0.6) is 0 Å². The van der Waals surface area contributed by atoms with Crippen molar-refractivity contribution in [3.05, 3.63) is 17.0 Å². The van der Waals surface area contributed by atoms with Crippen molar-refractivity contribution < 1.29 is 22.5 Å². The lowest BCUT2D eigenvalue weighted by molar-refractivity contribution is -0.122. The van der Waals surface area contributed by atoms with Gasteiger partial charge in [0.25, 0.3) is 0 Å². The second-order valence-electron chi connectivity index (χ2n) is 6.21. The van der Waals surface area contributed by atoms with E-state index < -0.39 is 21.8 Å². The lowest BCUT2D eigenvalue weighted by Gasteiger charge is -2.22. The largest absolute Gasteiger partial charge is 0.381 e. The average molecular weight is 344 g/mol. The number of nitrogens with one attached hydrogen (secondary N) is 1. The molecule has 0 radical (unpaired) electrons. The fourth-order valence-corrected chi connectivity index (χ4v) is 4.26. The molecule has 0 aliphatic carbocycles. The van der Waals surface area contributed by atoms with Crippen molar-refractivity contribution in [2.24, 2.45) is 11.8 Å². The van der Waals surface area contributed by atoms with Crippen molar-refractivity contribution in [3.8, 4) is 0 Å². The lowest BCUT2D eigenvalue weighted by atomic mass is 9.99. The first kappa shape index (κ1) is 17.9. The molecule has 1 saturated heterocycles. The second kappa shape index (κ2) is 7.44. The normalized spacial score (nSPS) is 17.9. The van der Waals surface area contributed by atoms with Gasteiger partial charge in [-0.2, -0.15) is 0 Å². The van der Waals surface area contributed by atoms with Crippen LogP contribution in [0, 0.1) is 25.7 Å². The van der Waals surface area contributed by atoms with E-state index in [9.17, 15) is 13.2 Å². The number of carbonyl (C=O) groups is 1. The summed E-state index contributed by atoms with van der Waals surface area (Å²) in [4.78, 5) is 12.2. The lowest BCUT2D eigenvalue weighted by Crippen LogP contribution is -2.39. The second-order valence-corrected chi connectivity index (χ2v) is 7.98. The molecule has 8 heteroatoms. The molecule has 0 bridgehead atoms. The van der Waals surface area contributed by atoms with Gasteiger partial charge in [-0.25, -0.2) is 8.42 Å². The van der Waals surface area contributed by atoms with Crippen LogP contribution in [0.1, 0.15) is 36.8 Å². The summed E-state index contributed by atoms with van der Waals surface area (Å²) < 4.78 is 36.8. The Hall–Kier alpha value is -1.41. The number of rotatable bonds is 6. The number of hydrogen-bond donors (Lipinski definition) is 1. The van der Waals surface area contributed by atoms with Gasteiger partial charge in [-0.3, -0.25) is 9.52 Å². The minimum absolute atomic E-state index is 0.0276. The third kappa shape index (κ3) is 5.04. The highest BCUT2D eigenvalue weighted by molar-refractivity contribution is 7.90. The van der Waals surface area contributed by atoms with Gasteiger partial charge in [0.2, 0.25) is 15.9 Å². The van der Waals surface area contributed by atoms with Crippen molar-refractivity contribution >= 4 is 15.9 Å². The molecule has 1 amide bonds. The zero-order valence-corrected chi connectivity index (χ0v) is 14.6. The molecule has 1 aliphatic heterocycles. The first-order valence-corrected chi connectivity index (χ1v) is 9.47. The molecule has 0 saturated carbocycles. The molecule has 0 aromatic carbocycles. The van der Waals surface area contributed by atoms with Crippen LogP contribution in [0.15, 0.2) is 4.52 Å². The molecule has 2 rings (SSSR count). The maximum absolute atomic E-state index is 12.2. The zero-order chi connectivity index (χ0) is 17.0. The highest BCUT2D eigenvalue weighted by atomic mass is 32.2. The number of aryl methyl sites for hydroxylation is 2. The number of sulfonamides is 1. The van der Waals surface area contributed by atoms with Crippen LogP contribution in [0.3, 0.4) is 0 Å². The zero-order valence-electron chi connectivity index (χ0n) is 13.8. The van der Waals surface area contributed by atoms with Gasteiger partial charge in [-0.1, -0.05) is 12.1 Å². The minimum atomic E-state index is -3.62. The van der Waals surface area contributed by atoms with Gasteiger partial charge in [0.05, 0.1) is 11.4 Å². The number of ether oxygens (including phenoxy) is 1. The molecule has 1 aromatic heterocycles. The Kier molecular flexibility index (Phi) is 5.80. The Bertz CT molecular complexity index is 627. The number of aromatic nitrogens is 1. The van der Waals surface area contributed by atoms with E-state index in [4.69, 9.17) is 9.26 Å². The van der Waals surface area contributed by atoms with E-state index in [-0.39, 0.29) is 11.7 Å². The topological polar surface area (TPSA) is 98.5 Å². The van der Waals surface area contributed by atoms with E-state index in [0.717, 1.165) is 11.3 Å². The fourth-order valence-electron chi connectivity index (χ4n) is 2.71. The van der Waals surface area contributed by atoms with Crippen molar-refractivity contribution in [2.45, 2.75) is 40.0 Å². The first-order chi connectivity index (χ1) is 10.8. The van der Waals surface area contributed by atoms with Crippen LogP contribution in [0.25, 0.3) is 0 Å². The van der Waals surface area contributed by atoms with Gasteiger partial charge in [0.15, 0.2) is 0 Å². The highest BCUT2D eigenvalue weighted by Gasteiger charge is 2.26. The molecule has 1 aromatic rings. The van der Waals surface area contributed by atoms with E-state index >= 15 is 0 Å². The van der Waals surface area contributed by atoms with E-state index in [2.05, 4.69) is 9.88 Å². The van der Waals surface area contributed by atoms with Gasteiger partial charge in [0, 0.05) is 24.7 Å². The standard InChI is InChI=1S/C15H24N2O5S/c1-10(8-14-11(2)16-22-12(14)3)15(18)17-23(19,20)9-13-4-6-21-7-5-13/h10,13H,4-9H2,1-3H3,(H,17,18)/t10-/m1/s1. The van der Waals surface area contributed by atoms with Gasteiger partial charge in [0.1, 0.15) is 5.76 Å². The van der Waals surface area contributed by atoms with Crippen LogP contribution in [0.4, 0.5) is 0 Å². The summed E-state index contributed by atoms with van der Waals surface area (Å²) in [7, 11) is -3.62. The fraction of sp³-hybridized carbons (Fsp3) is 0.733. The minimum Gasteiger partial charge on any atom is -0.381 e. The molecular formula is C15H24N2O5S. The molecule has 23 heavy (non-hydrogen) atoms. The van der Waals surface area contributed by atoms with E-state index in [1.807, 2.05) is 0 Å². The molecule has 0 unspecified atom stereocenters. The predicted molar refractivity (Wildman–Crippen MR) is 84.3 cm³/mol. The summed E-state index contributed by atoms with van der Waals surface area (Å²) >= 11 is 0. The predicted octanol–water partition coefficient (Wildman–Crippen LogP) is 1.34. The Morgan fingerprint density at radius 3 is 2.57 bits per heavy atom. The van der Waals surface area contributed by atoms with Gasteiger partial charge in [-0.05, 0) is 39.0 Å². The molecule has 1 aliphatic rings. The SMILES string of the molecule is Cc1noc(C)c1C[C@@H](C)C(=O)NS(=O)(=O)CC1CCOCC1. The van der Waals surface area contributed by atoms with Crippen LogP contribution < -0.4 is 4.72 Å². The summed E-state index contributed by atoms with van der Waals surface area (Å²) in [5, 5.41) is 3.84. The van der Waals surface area contributed by atoms with Crippen LogP contribution in [-0.4, -0.2) is 38.4 Å². The summed E-state index contributed by atoms with van der Waals surface area (Å²) in [6, 6.07) is 0. The molecule has 1 atom stereocenters. The molecular weight excluding hydrogens is 320 g/mol. The molecule has 7 nitrogen and oxygen atoms in total. The van der Waals surface area contributed by atoms with Crippen LogP contribution in [-0.2, 0) is 26.0 Å². The summed E-state index contributed by atoms with van der Waals surface area (Å²) in [5.41, 5.74) is 1.58. The van der Waals surface area contributed by atoms with Crippen LogP contribution >= 0.6 is 0 Å². The summed E-state index contributed by atoms with van der Waals surface area (Å²) in [6.07, 6.45) is 1.83. The molecule has 1 fully saturated rings. The van der Waals surface area contributed by atoms with E-state index in [0.29, 0.717) is 38.2 Å². The first-order valence-electron chi connectivity index (χ1n) is 7.82. The number of amides is 1. The Balaban J connectivity index is 1.91. The number of nitrogens with zero attached hydrogens (tertiary/aromatic N) is 1. The van der Waals surface area contributed by atoms with Crippen molar-refractivity contribution in [1.82, 2.24) is 9.88 Å². The monoisotopic (exact) mass is 344 g/mol. The third-order valence-electron chi connectivity index (χ3n) is 4.19. The maximum Gasteiger partial charge on any atom is 0.236 e. The van der Waals surface area contributed by atoms with E-state index in [1.165, 1.54) is 0 Å². The van der Waals surface area contributed by atoms with E-state index in [1.54, 1.807) is 20.8 Å². The Morgan fingerprint density at radius 2 is 2.00 bits per heavy atom. The third-order valence-corrected chi connectivity index (χ3v) is 5.61. The highest BCUT2D eigenvalue weighted by Crippen LogP contribution is 2.19. The summed E-state index contributed by atoms with van der Waals surface area (Å²) in [5.74, 6) is -0.285. The van der Waals surface area contributed by atoms with Crippen molar-refractivity contribution in [2.75, 3.05) is 19.0 Å². The van der Waals surface area contributed by atoms with Gasteiger partial charge >= 0.3 is 0 Å². The van der Waals surface area contributed by atoms with Gasteiger partial charge < -0.3 is 9.26 Å². The molecule has 130 valence electrons. The van der Waals surface area contributed by atoms with Crippen molar-refractivity contribution in [1.29, 1.82) is 0 Å². The van der Waals surface area contributed by atoms with Gasteiger partial charge in [-0.15, -0.1) is 0 Å². The summed E-state index contributed by atoms with van der Waals surface area (Å²) in [6.45, 7) is 6.44. The average Bonchev–Trinajstić information content (AvgIpc) is 2.79. The Morgan fingerprint density at radius 1 is 1.35 bits per heavy atom. The number of hydrogen-bond acceptors (Lipinski definition) is 6. The smallest absolute Gasteiger partial charge is 0.236 e. The maximum atomic E-state index is 12.2. The van der Waals surface area contributed by atoms with Crippen molar-refractivity contribution in [3.63, 3.8) is 0 Å². The quantitative estimate of drug-likeness (QED) is 0.836. The molecule has 0 spiro atoms. The molecule has 2 heterocycles. The molecule has 1 N–H and O–H groups in total. The Labute approximate surface area is 136 Å². The van der Waals surface area contributed by atoms with Crippen LogP contribution in [0.2, 0.25) is 0 Å².